The third-order valence-electron chi connectivity index (χ3n) is 3.06. The van der Waals surface area contributed by atoms with Crippen molar-refractivity contribution < 1.29 is 4.74 Å². The van der Waals surface area contributed by atoms with Crippen molar-refractivity contribution in [1.82, 2.24) is 0 Å². The molecule has 0 aromatic carbocycles. The summed E-state index contributed by atoms with van der Waals surface area (Å²) in [5.41, 5.74) is 1.67. The van der Waals surface area contributed by atoms with Crippen LogP contribution in [0.1, 0.15) is 19.3 Å². The largest absolute Gasteiger partial charge is 0.479 e. The Bertz CT molecular complexity index is 251. The van der Waals surface area contributed by atoms with Gasteiger partial charge in [0, 0.05) is 6.42 Å². The van der Waals surface area contributed by atoms with E-state index in [4.69, 9.17) is 4.74 Å². The smallest absolute Gasteiger partial charge is 0.166 e. The first-order valence-corrected chi connectivity index (χ1v) is 3.92. The molecule has 2 aliphatic carbocycles. The van der Waals surface area contributed by atoms with E-state index in [9.17, 15) is 0 Å². The predicted molar refractivity (Wildman–Crippen MR) is 38.4 cm³/mol. The second-order valence-electron chi connectivity index (χ2n) is 3.52. The molecule has 3 rings (SSSR count). The van der Waals surface area contributed by atoms with Crippen LogP contribution in [-0.4, -0.2) is 5.60 Å². The highest BCUT2D eigenvalue weighted by Gasteiger charge is 2.64. The fourth-order valence-corrected chi connectivity index (χ4v) is 2.51. The van der Waals surface area contributed by atoms with Gasteiger partial charge in [-0.05, 0) is 24.3 Å². The zero-order valence-corrected chi connectivity index (χ0v) is 5.89. The predicted octanol–water partition coefficient (Wildman–Crippen LogP) is 2.01. The Balaban J connectivity index is 2.18. The molecule has 2 unspecified atom stereocenters. The van der Waals surface area contributed by atoms with E-state index in [0.29, 0.717) is 0 Å². The van der Waals surface area contributed by atoms with Gasteiger partial charge in [-0.1, -0.05) is 12.7 Å². The van der Waals surface area contributed by atoms with Gasteiger partial charge in [-0.3, -0.25) is 0 Å². The second-order valence-corrected chi connectivity index (χ2v) is 3.52. The van der Waals surface area contributed by atoms with Crippen molar-refractivity contribution in [1.29, 1.82) is 0 Å². The van der Waals surface area contributed by atoms with Crippen LogP contribution in [0.2, 0.25) is 0 Å². The Labute approximate surface area is 60.4 Å². The average Bonchev–Trinajstić information content (AvgIpc) is 2.36. The molecule has 1 spiro atoms. The van der Waals surface area contributed by atoms with E-state index in [1.54, 1.807) is 0 Å². The van der Waals surface area contributed by atoms with Crippen molar-refractivity contribution in [2.24, 2.45) is 5.92 Å². The summed E-state index contributed by atoms with van der Waals surface area (Å²) in [6.07, 6.45) is 5.83. The molecule has 1 heterocycles. The quantitative estimate of drug-likeness (QED) is 0.500. The minimum atomic E-state index is 0.258. The Hall–Kier alpha value is -0.720. The van der Waals surface area contributed by atoms with E-state index in [1.807, 2.05) is 6.08 Å². The van der Waals surface area contributed by atoms with Gasteiger partial charge in [0.25, 0.3) is 0 Å². The number of hydrogen-bond acceptors (Lipinski definition) is 1. The summed E-state index contributed by atoms with van der Waals surface area (Å²) in [5.74, 6) is 2.08. The van der Waals surface area contributed by atoms with Gasteiger partial charge in [0.2, 0.25) is 0 Å². The molecule has 10 heavy (non-hydrogen) atoms. The Morgan fingerprint density at radius 3 is 3.10 bits per heavy atom. The summed E-state index contributed by atoms with van der Waals surface area (Å²) in [6, 6.07) is 0. The maximum absolute atomic E-state index is 5.54. The number of allylic oxidation sites excluding steroid dienone is 2. The first-order valence-electron chi connectivity index (χ1n) is 3.92. The second kappa shape index (κ2) is 1.18. The maximum atomic E-state index is 5.54. The molecule has 0 aromatic heterocycles. The summed E-state index contributed by atoms with van der Waals surface area (Å²) in [6.45, 7) is 3.80. The summed E-state index contributed by atoms with van der Waals surface area (Å²) in [7, 11) is 0. The molecule has 0 N–H and O–H groups in total. The minimum absolute atomic E-state index is 0.258. The summed E-state index contributed by atoms with van der Waals surface area (Å²) >= 11 is 0. The Morgan fingerprint density at radius 2 is 2.60 bits per heavy atom. The molecule has 1 nitrogen and oxygen atoms in total. The highest BCUT2D eigenvalue weighted by atomic mass is 16.6. The van der Waals surface area contributed by atoms with Crippen LogP contribution < -0.4 is 0 Å². The van der Waals surface area contributed by atoms with E-state index in [2.05, 4.69) is 6.58 Å². The lowest BCUT2D eigenvalue weighted by Gasteiger charge is -2.04. The van der Waals surface area contributed by atoms with E-state index in [1.165, 1.54) is 30.6 Å². The van der Waals surface area contributed by atoms with Crippen LogP contribution in [0, 0.1) is 5.92 Å². The van der Waals surface area contributed by atoms with Crippen LogP contribution >= 0.6 is 0 Å². The Morgan fingerprint density at radius 1 is 1.70 bits per heavy atom. The van der Waals surface area contributed by atoms with E-state index >= 15 is 0 Å². The van der Waals surface area contributed by atoms with Crippen molar-refractivity contribution in [2.75, 3.05) is 0 Å². The van der Waals surface area contributed by atoms with E-state index in [0.717, 1.165) is 5.92 Å². The molecular weight excluding hydrogens is 124 g/mol. The van der Waals surface area contributed by atoms with Crippen LogP contribution in [-0.2, 0) is 4.74 Å². The summed E-state index contributed by atoms with van der Waals surface area (Å²) in [5, 5.41) is 0. The Kier molecular flexibility index (Phi) is 0.590. The van der Waals surface area contributed by atoms with Crippen LogP contribution in [0.5, 0.6) is 0 Å². The van der Waals surface area contributed by atoms with Gasteiger partial charge in [-0.25, -0.2) is 0 Å². The summed E-state index contributed by atoms with van der Waals surface area (Å²) in [4.78, 5) is 0. The first kappa shape index (κ1) is 5.00. The van der Waals surface area contributed by atoms with Crippen molar-refractivity contribution in [3.63, 3.8) is 0 Å². The van der Waals surface area contributed by atoms with Gasteiger partial charge < -0.3 is 4.74 Å². The van der Waals surface area contributed by atoms with E-state index < -0.39 is 0 Å². The van der Waals surface area contributed by atoms with Crippen molar-refractivity contribution in [2.45, 2.75) is 24.9 Å². The van der Waals surface area contributed by atoms with Crippen LogP contribution in [0.25, 0.3) is 0 Å². The molecule has 2 bridgehead atoms. The van der Waals surface area contributed by atoms with Crippen LogP contribution in [0.3, 0.4) is 0 Å². The number of ether oxygens (including phenoxy) is 1. The molecule has 1 saturated heterocycles. The zero-order valence-electron chi connectivity index (χ0n) is 5.89. The maximum Gasteiger partial charge on any atom is 0.166 e. The molecule has 0 aromatic rings. The topological polar surface area (TPSA) is 12.5 Å². The van der Waals surface area contributed by atoms with Gasteiger partial charge in [0.05, 0.1) is 0 Å². The van der Waals surface area contributed by atoms with Crippen LogP contribution in [0.15, 0.2) is 24.0 Å². The number of hydrogen-bond donors (Lipinski definition) is 0. The van der Waals surface area contributed by atoms with E-state index in [-0.39, 0.29) is 5.60 Å². The standard InChI is InChI=1S/C9H10O/c1-2-7-6-3-4-9(5-6)8(7)10-9/h2,6H,1,3-5H2. The lowest BCUT2D eigenvalue weighted by atomic mass is 9.99. The molecule has 2 fully saturated rings. The highest BCUT2D eigenvalue weighted by molar-refractivity contribution is 5.46. The highest BCUT2D eigenvalue weighted by Crippen LogP contribution is 2.64. The molecular formula is C9H10O. The number of fused-ring (bicyclic) bond motifs is 1. The van der Waals surface area contributed by atoms with Crippen molar-refractivity contribution >= 4 is 0 Å². The third kappa shape index (κ3) is 0.335. The van der Waals surface area contributed by atoms with Gasteiger partial charge in [0.1, 0.15) is 5.76 Å². The fraction of sp³-hybridized carbons (Fsp3) is 0.556. The van der Waals surface area contributed by atoms with Gasteiger partial charge in [-0.2, -0.15) is 0 Å². The molecule has 1 heteroatoms. The van der Waals surface area contributed by atoms with Crippen LogP contribution in [0.4, 0.5) is 0 Å². The normalized spacial score (nSPS) is 47.0. The molecule has 0 radical (unpaired) electrons. The third-order valence-corrected chi connectivity index (χ3v) is 3.06. The van der Waals surface area contributed by atoms with Gasteiger partial charge in [0.15, 0.2) is 5.60 Å². The van der Waals surface area contributed by atoms with Gasteiger partial charge >= 0.3 is 0 Å². The number of epoxide rings is 1. The minimum Gasteiger partial charge on any atom is -0.479 e. The molecule has 1 saturated carbocycles. The fourth-order valence-electron chi connectivity index (χ4n) is 2.51. The van der Waals surface area contributed by atoms with Crippen molar-refractivity contribution in [3.05, 3.63) is 24.0 Å². The molecule has 0 amide bonds. The molecule has 1 aliphatic heterocycles. The molecule has 3 aliphatic rings. The van der Waals surface area contributed by atoms with Gasteiger partial charge in [-0.15, -0.1) is 0 Å². The lowest BCUT2D eigenvalue weighted by molar-refractivity contribution is 0.304. The van der Waals surface area contributed by atoms with Crippen molar-refractivity contribution in [3.8, 4) is 0 Å². The molecule has 2 atom stereocenters. The monoisotopic (exact) mass is 134 g/mol. The SMILES string of the molecule is C=CC1=C2OC23CCC1C3. The lowest BCUT2D eigenvalue weighted by Crippen LogP contribution is -1.98. The molecule has 52 valence electrons. The number of rotatable bonds is 1. The zero-order chi connectivity index (χ0) is 6.77. The first-order chi connectivity index (χ1) is 4.86. The average molecular weight is 134 g/mol. The summed E-state index contributed by atoms with van der Waals surface area (Å²) < 4.78 is 5.54.